The molecule has 0 radical (unpaired) electrons. The van der Waals surface area contributed by atoms with Crippen LogP contribution in [0.4, 0.5) is 0 Å². The summed E-state index contributed by atoms with van der Waals surface area (Å²) in [6.45, 7) is 0.381. The van der Waals surface area contributed by atoms with Gasteiger partial charge in [-0.25, -0.2) is 8.42 Å². The Labute approximate surface area is 160 Å². The summed E-state index contributed by atoms with van der Waals surface area (Å²) in [4.78, 5) is 12.6. The average molecular weight is 408 g/mol. The number of amides is 1. The van der Waals surface area contributed by atoms with Gasteiger partial charge in [0.05, 0.1) is 4.90 Å². The molecule has 0 bridgehead atoms. The minimum Gasteiger partial charge on any atom is -0.353 e. The monoisotopic (exact) mass is 407 g/mol. The molecule has 0 heterocycles. The second kappa shape index (κ2) is 10.4. The van der Waals surface area contributed by atoms with Gasteiger partial charge in [0.15, 0.2) is 0 Å². The van der Waals surface area contributed by atoms with E-state index in [9.17, 15) is 13.2 Å². The molecule has 9 heteroatoms. The molecule has 2 atom stereocenters. The molecule has 0 aliphatic heterocycles. The lowest BCUT2D eigenvalue weighted by Crippen LogP contribution is -2.49. The number of carbonyl (C=O) groups is 1. The number of nitrogens with one attached hydrogen (secondary N) is 2. The van der Waals surface area contributed by atoms with Crippen molar-refractivity contribution >= 4 is 40.1 Å². The van der Waals surface area contributed by atoms with Crippen molar-refractivity contribution in [1.29, 1.82) is 0 Å². The molecular formula is C16H26ClN3O3S2. The van der Waals surface area contributed by atoms with E-state index in [1.807, 2.05) is 6.26 Å². The van der Waals surface area contributed by atoms with Gasteiger partial charge >= 0.3 is 0 Å². The lowest BCUT2D eigenvalue weighted by Gasteiger charge is -2.19. The summed E-state index contributed by atoms with van der Waals surface area (Å²) < 4.78 is 27.4. The number of thioether (sulfide) groups is 1. The van der Waals surface area contributed by atoms with Gasteiger partial charge in [-0.2, -0.15) is 16.5 Å². The Kier molecular flexibility index (Phi) is 9.23. The maximum Gasteiger partial charge on any atom is 0.241 e. The fourth-order valence-electron chi connectivity index (χ4n) is 2.37. The third-order valence-electron chi connectivity index (χ3n) is 4.02. The first kappa shape index (κ1) is 22.2. The Morgan fingerprint density at radius 2 is 1.96 bits per heavy atom. The predicted molar refractivity (Wildman–Crippen MR) is 105 cm³/mol. The first-order valence-corrected chi connectivity index (χ1v) is 10.9. The summed E-state index contributed by atoms with van der Waals surface area (Å²) in [6, 6.07) is 7.22. The van der Waals surface area contributed by atoms with Crippen LogP contribution < -0.4 is 15.8 Å². The van der Waals surface area contributed by atoms with E-state index in [1.54, 1.807) is 30.0 Å². The van der Waals surface area contributed by atoms with E-state index < -0.39 is 16.1 Å². The third-order valence-corrected chi connectivity index (χ3v) is 6.15. The molecule has 1 saturated carbocycles. The van der Waals surface area contributed by atoms with Gasteiger partial charge in [-0.15, -0.1) is 12.4 Å². The Hall–Kier alpha value is -0.800. The van der Waals surface area contributed by atoms with E-state index in [1.165, 1.54) is 12.1 Å². The normalized spacial score (nSPS) is 16.6. The van der Waals surface area contributed by atoms with Gasteiger partial charge in [0.2, 0.25) is 15.9 Å². The minimum absolute atomic E-state index is 0. The molecule has 142 valence electrons. The van der Waals surface area contributed by atoms with Crippen molar-refractivity contribution in [3.05, 3.63) is 30.3 Å². The van der Waals surface area contributed by atoms with Gasteiger partial charge in [0.25, 0.3) is 0 Å². The third kappa shape index (κ3) is 7.15. The lowest BCUT2D eigenvalue weighted by atomic mass is 10.2. The van der Waals surface area contributed by atoms with Crippen molar-refractivity contribution in [2.24, 2.45) is 11.7 Å². The summed E-state index contributed by atoms with van der Waals surface area (Å²) in [5.41, 5.74) is 5.99. The lowest BCUT2D eigenvalue weighted by molar-refractivity contribution is -0.122. The van der Waals surface area contributed by atoms with E-state index in [0.29, 0.717) is 24.6 Å². The molecule has 0 spiro atoms. The molecular weight excluding hydrogens is 382 g/mol. The van der Waals surface area contributed by atoms with Crippen molar-refractivity contribution in [2.75, 3.05) is 18.6 Å². The fraction of sp³-hybridized carbons (Fsp3) is 0.562. The van der Waals surface area contributed by atoms with Gasteiger partial charge in [-0.1, -0.05) is 18.2 Å². The van der Waals surface area contributed by atoms with Crippen LogP contribution in [0, 0.1) is 5.92 Å². The van der Waals surface area contributed by atoms with Crippen molar-refractivity contribution in [3.63, 3.8) is 0 Å². The number of rotatable bonds is 10. The minimum atomic E-state index is -3.73. The number of hydrogen-bond donors (Lipinski definition) is 3. The average Bonchev–Trinajstić information content (AvgIpc) is 3.42. The SMILES string of the molecule is CSCCC(NS(=O)(=O)c1ccccc1)C(=O)NCC(N)C1CC1.Cl. The highest BCUT2D eigenvalue weighted by atomic mass is 35.5. The van der Waals surface area contributed by atoms with Gasteiger partial charge in [-0.05, 0) is 49.3 Å². The summed E-state index contributed by atoms with van der Waals surface area (Å²) in [7, 11) is -3.73. The highest BCUT2D eigenvalue weighted by Gasteiger charge is 2.30. The van der Waals surface area contributed by atoms with Gasteiger partial charge in [0, 0.05) is 12.6 Å². The van der Waals surface area contributed by atoms with E-state index >= 15 is 0 Å². The fourth-order valence-corrected chi connectivity index (χ4v) is 4.09. The summed E-state index contributed by atoms with van der Waals surface area (Å²) in [5, 5.41) is 2.79. The number of carbonyl (C=O) groups excluding carboxylic acids is 1. The number of hydrogen-bond acceptors (Lipinski definition) is 5. The van der Waals surface area contributed by atoms with E-state index in [0.717, 1.165) is 12.8 Å². The molecule has 2 rings (SSSR count). The largest absolute Gasteiger partial charge is 0.353 e. The molecule has 1 aliphatic carbocycles. The second-order valence-electron chi connectivity index (χ2n) is 6.01. The van der Waals surface area contributed by atoms with Crippen LogP contribution in [0.2, 0.25) is 0 Å². The topological polar surface area (TPSA) is 101 Å². The first-order valence-electron chi connectivity index (χ1n) is 8.03. The predicted octanol–water partition coefficient (Wildman–Crippen LogP) is 1.36. The van der Waals surface area contributed by atoms with Crippen LogP contribution in [-0.2, 0) is 14.8 Å². The van der Waals surface area contributed by atoms with Crippen LogP contribution in [0.25, 0.3) is 0 Å². The van der Waals surface area contributed by atoms with Gasteiger partial charge < -0.3 is 11.1 Å². The molecule has 0 aromatic heterocycles. The quantitative estimate of drug-likeness (QED) is 0.543. The number of halogens is 1. The molecule has 0 saturated heterocycles. The molecule has 25 heavy (non-hydrogen) atoms. The van der Waals surface area contributed by atoms with Crippen LogP contribution in [-0.4, -0.2) is 45.0 Å². The van der Waals surface area contributed by atoms with Crippen LogP contribution in [0.5, 0.6) is 0 Å². The number of nitrogens with two attached hydrogens (primary N) is 1. The van der Waals surface area contributed by atoms with Crippen LogP contribution >= 0.6 is 24.2 Å². The highest BCUT2D eigenvalue weighted by Crippen LogP contribution is 2.31. The Bertz CT molecular complexity index is 639. The second-order valence-corrected chi connectivity index (χ2v) is 8.71. The smallest absolute Gasteiger partial charge is 0.241 e. The zero-order chi connectivity index (χ0) is 17.6. The number of benzene rings is 1. The standard InChI is InChI=1S/C16H25N3O3S2.ClH/c1-23-10-9-15(16(20)18-11-14(17)12-7-8-12)19-24(21,22)13-5-3-2-4-6-13;/h2-6,12,14-15,19H,7-11,17H2,1H3,(H,18,20);1H. The zero-order valence-corrected chi connectivity index (χ0v) is 16.6. The molecule has 1 aliphatic rings. The van der Waals surface area contributed by atoms with Gasteiger partial charge in [-0.3, -0.25) is 4.79 Å². The van der Waals surface area contributed by atoms with E-state index in [2.05, 4.69) is 10.0 Å². The summed E-state index contributed by atoms with van der Waals surface area (Å²) in [5.74, 6) is 0.847. The Morgan fingerprint density at radius 3 is 2.52 bits per heavy atom. The molecule has 1 fully saturated rings. The molecule has 1 amide bonds. The molecule has 1 aromatic carbocycles. The van der Waals surface area contributed by atoms with Crippen LogP contribution in [0.15, 0.2) is 35.2 Å². The maximum atomic E-state index is 12.4. The van der Waals surface area contributed by atoms with Crippen LogP contribution in [0.1, 0.15) is 19.3 Å². The first-order chi connectivity index (χ1) is 11.4. The Morgan fingerprint density at radius 1 is 1.32 bits per heavy atom. The van der Waals surface area contributed by atoms with Crippen molar-refractivity contribution < 1.29 is 13.2 Å². The molecule has 4 N–H and O–H groups in total. The van der Waals surface area contributed by atoms with Crippen molar-refractivity contribution in [3.8, 4) is 0 Å². The molecule has 1 aromatic rings. The van der Waals surface area contributed by atoms with E-state index in [-0.39, 0.29) is 29.3 Å². The van der Waals surface area contributed by atoms with Crippen LogP contribution in [0.3, 0.4) is 0 Å². The summed E-state index contributed by atoms with van der Waals surface area (Å²) >= 11 is 1.57. The number of sulfonamides is 1. The van der Waals surface area contributed by atoms with Gasteiger partial charge in [0.1, 0.15) is 6.04 Å². The molecule has 2 unspecified atom stereocenters. The maximum absolute atomic E-state index is 12.4. The Balaban J connectivity index is 0.00000312. The van der Waals surface area contributed by atoms with E-state index in [4.69, 9.17) is 5.73 Å². The summed E-state index contributed by atoms with van der Waals surface area (Å²) in [6.07, 6.45) is 4.56. The molecule has 6 nitrogen and oxygen atoms in total. The highest BCUT2D eigenvalue weighted by molar-refractivity contribution is 7.98. The van der Waals surface area contributed by atoms with Crippen molar-refractivity contribution in [1.82, 2.24) is 10.0 Å². The van der Waals surface area contributed by atoms with Crippen molar-refractivity contribution in [2.45, 2.75) is 36.2 Å². The zero-order valence-electron chi connectivity index (χ0n) is 14.2.